The Morgan fingerprint density at radius 2 is 1.68 bits per heavy atom. The van der Waals surface area contributed by atoms with Gasteiger partial charge in [0.25, 0.3) is 0 Å². The van der Waals surface area contributed by atoms with Crippen LogP contribution in [0.25, 0.3) is 0 Å². The van der Waals surface area contributed by atoms with Crippen LogP contribution < -0.4 is 0 Å². The number of halogens is 1. The van der Waals surface area contributed by atoms with Crippen LogP contribution in [0.3, 0.4) is 0 Å². The molecule has 2 rings (SSSR count). The van der Waals surface area contributed by atoms with E-state index in [1.807, 2.05) is 0 Å². The number of benzene rings is 1. The van der Waals surface area contributed by atoms with Crippen molar-refractivity contribution in [2.75, 3.05) is 13.1 Å². The topological polar surface area (TPSA) is 46.6 Å². The number of hydrogen-bond acceptors (Lipinski definition) is 3. The third-order valence-electron chi connectivity index (χ3n) is 3.65. The van der Waals surface area contributed by atoms with Gasteiger partial charge in [-0.1, -0.05) is 30.3 Å². The van der Waals surface area contributed by atoms with Crippen molar-refractivity contribution < 1.29 is 18.7 Å². The van der Waals surface area contributed by atoms with E-state index in [-0.39, 0.29) is 25.9 Å². The van der Waals surface area contributed by atoms with Crippen molar-refractivity contribution in [3.63, 3.8) is 0 Å². The van der Waals surface area contributed by atoms with Crippen molar-refractivity contribution in [1.29, 1.82) is 0 Å². The van der Waals surface area contributed by atoms with Crippen molar-refractivity contribution in [2.24, 2.45) is 0 Å². The minimum absolute atomic E-state index is 0.0000293. The highest BCUT2D eigenvalue weighted by Crippen LogP contribution is 2.31. The second-order valence-electron chi connectivity index (χ2n) is 6.63. The number of piperidine rings is 1. The molecule has 1 aliphatic rings. The first-order valence-electron chi connectivity index (χ1n) is 7.48. The average Bonchev–Trinajstić information content (AvgIpc) is 2.46. The largest absolute Gasteiger partial charge is 0.444 e. The maximum atomic E-state index is 14.9. The smallest absolute Gasteiger partial charge is 0.410 e. The monoisotopic (exact) mass is 307 g/mol. The molecule has 1 saturated heterocycles. The summed E-state index contributed by atoms with van der Waals surface area (Å²) in [5.41, 5.74) is -2.11. The third kappa shape index (κ3) is 3.84. The molecule has 4 nitrogen and oxygen atoms in total. The number of carbonyl (C=O) groups is 2. The molecule has 0 aliphatic carbocycles. The Kier molecular flexibility index (Phi) is 4.54. The molecule has 0 atom stereocenters. The number of hydrogen-bond donors (Lipinski definition) is 0. The molecule has 0 spiro atoms. The zero-order chi connectivity index (χ0) is 16.4. The summed E-state index contributed by atoms with van der Waals surface area (Å²) in [4.78, 5) is 25.7. The predicted molar refractivity (Wildman–Crippen MR) is 81.7 cm³/mol. The van der Waals surface area contributed by atoms with Crippen molar-refractivity contribution in [3.05, 3.63) is 35.9 Å². The summed E-state index contributed by atoms with van der Waals surface area (Å²) in [5, 5.41) is 0. The van der Waals surface area contributed by atoms with Gasteiger partial charge in [-0.05, 0) is 20.8 Å². The summed E-state index contributed by atoms with van der Waals surface area (Å²) in [7, 11) is 0. The van der Waals surface area contributed by atoms with Crippen LogP contribution in [0.5, 0.6) is 0 Å². The Bertz CT molecular complexity index is 543. The van der Waals surface area contributed by atoms with Gasteiger partial charge < -0.3 is 9.64 Å². The number of ketones is 1. The Labute approximate surface area is 130 Å². The number of nitrogens with zero attached hydrogens (tertiary/aromatic N) is 1. The Morgan fingerprint density at radius 1 is 1.14 bits per heavy atom. The van der Waals surface area contributed by atoms with Crippen molar-refractivity contribution >= 4 is 11.9 Å². The highest BCUT2D eigenvalue weighted by molar-refractivity contribution is 6.02. The standard InChI is InChI=1S/C17H22FNO3/c1-16(2,3)22-15(21)19-11-9-17(18,10-12-19)14(20)13-7-5-4-6-8-13/h4-8H,9-12H2,1-3H3. The normalized spacial score (nSPS) is 17.9. The first-order valence-corrected chi connectivity index (χ1v) is 7.48. The van der Waals surface area contributed by atoms with E-state index in [0.717, 1.165) is 0 Å². The summed E-state index contributed by atoms with van der Waals surface area (Å²) in [6.07, 6.45) is -0.457. The van der Waals surface area contributed by atoms with E-state index in [9.17, 15) is 14.0 Å². The maximum Gasteiger partial charge on any atom is 0.410 e. The zero-order valence-corrected chi connectivity index (χ0v) is 13.3. The van der Waals surface area contributed by atoms with Crippen LogP contribution in [-0.4, -0.2) is 41.1 Å². The van der Waals surface area contributed by atoms with Crippen LogP contribution in [-0.2, 0) is 4.74 Å². The first kappa shape index (κ1) is 16.5. The van der Waals surface area contributed by atoms with Crippen molar-refractivity contribution in [3.8, 4) is 0 Å². The summed E-state index contributed by atoms with van der Waals surface area (Å²) in [6, 6.07) is 8.44. The molecule has 1 aromatic rings. The van der Waals surface area contributed by atoms with E-state index in [2.05, 4.69) is 0 Å². The molecular weight excluding hydrogens is 285 g/mol. The second-order valence-corrected chi connectivity index (χ2v) is 6.63. The molecule has 0 radical (unpaired) electrons. The summed E-state index contributed by atoms with van der Waals surface area (Å²) in [6.45, 7) is 5.72. The van der Waals surface area contributed by atoms with Gasteiger partial charge in [-0.2, -0.15) is 0 Å². The van der Waals surface area contributed by atoms with Gasteiger partial charge in [0.1, 0.15) is 5.60 Å². The van der Waals surface area contributed by atoms with Crippen LogP contribution in [0.15, 0.2) is 30.3 Å². The molecule has 5 heteroatoms. The first-order chi connectivity index (χ1) is 10.2. The van der Waals surface area contributed by atoms with Crippen LogP contribution in [0.2, 0.25) is 0 Å². The molecule has 120 valence electrons. The van der Waals surface area contributed by atoms with Gasteiger partial charge in [-0.3, -0.25) is 4.79 Å². The van der Waals surface area contributed by atoms with Crippen LogP contribution >= 0.6 is 0 Å². The highest BCUT2D eigenvalue weighted by Gasteiger charge is 2.43. The number of likely N-dealkylation sites (tertiary alicyclic amines) is 1. The van der Waals surface area contributed by atoms with Crippen LogP contribution in [0.4, 0.5) is 9.18 Å². The molecule has 1 aromatic carbocycles. The Hall–Kier alpha value is -1.91. The predicted octanol–water partition coefficient (Wildman–Crippen LogP) is 3.61. The van der Waals surface area contributed by atoms with Gasteiger partial charge >= 0.3 is 6.09 Å². The van der Waals surface area contributed by atoms with Gasteiger partial charge in [0.15, 0.2) is 11.5 Å². The van der Waals surface area contributed by atoms with E-state index >= 15 is 0 Å². The molecule has 0 N–H and O–H groups in total. The van der Waals surface area contributed by atoms with Gasteiger partial charge in [0.05, 0.1) is 0 Å². The van der Waals surface area contributed by atoms with E-state index in [0.29, 0.717) is 5.56 Å². The summed E-state index contributed by atoms with van der Waals surface area (Å²) in [5.74, 6) is -0.503. The number of alkyl halides is 1. The molecule has 0 bridgehead atoms. The Balaban J connectivity index is 1.99. The lowest BCUT2D eigenvalue weighted by atomic mass is 9.86. The SMILES string of the molecule is CC(C)(C)OC(=O)N1CCC(F)(C(=O)c2ccccc2)CC1. The molecule has 0 aromatic heterocycles. The fourth-order valence-corrected chi connectivity index (χ4v) is 2.45. The molecule has 1 fully saturated rings. The fourth-order valence-electron chi connectivity index (χ4n) is 2.45. The van der Waals surface area contributed by atoms with Crippen LogP contribution in [0, 0.1) is 0 Å². The van der Waals surface area contributed by atoms with E-state index in [4.69, 9.17) is 4.74 Å². The quantitative estimate of drug-likeness (QED) is 0.784. The second kappa shape index (κ2) is 6.07. The summed E-state index contributed by atoms with van der Waals surface area (Å²) >= 11 is 0. The minimum Gasteiger partial charge on any atom is -0.444 e. The maximum absolute atomic E-state index is 14.9. The number of rotatable bonds is 2. The number of carbonyl (C=O) groups excluding carboxylic acids is 2. The summed E-state index contributed by atoms with van der Waals surface area (Å²) < 4.78 is 20.2. The van der Waals surface area contributed by atoms with Crippen LogP contribution in [0.1, 0.15) is 44.0 Å². The lowest BCUT2D eigenvalue weighted by molar-refractivity contribution is 0.00501. The molecule has 0 unspecified atom stereocenters. The Morgan fingerprint density at radius 3 is 2.18 bits per heavy atom. The molecular formula is C17H22FNO3. The lowest BCUT2D eigenvalue weighted by Crippen LogP contribution is -2.49. The van der Waals surface area contributed by atoms with Gasteiger partial charge in [-0.25, -0.2) is 9.18 Å². The lowest BCUT2D eigenvalue weighted by Gasteiger charge is -2.36. The molecule has 1 amide bonds. The highest BCUT2D eigenvalue weighted by atomic mass is 19.1. The van der Waals surface area contributed by atoms with Gasteiger partial charge in [0, 0.05) is 31.5 Å². The minimum atomic E-state index is -1.90. The number of ether oxygens (including phenoxy) is 1. The molecule has 1 heterocycles. The van der Waals surface area contributed by atoms with Crippen molar-refractivity contribution in [2.45, 2.75) is 44.9 Å². The van der Waals surface area contributed by atoms with Gasteiger partial charge in [0.2, 0.25) is 0 Å². The number of Topliss-reactive ketones (excluding diaryl/α,β-unsaturated/α-hetero) is 1. The fraction of sp³-hybridized carbons (Fsp3) is 0.529. The molecule has 1 aliphatic heterocycles. The third-order valence-corrected chi connectivity index (χ3v) is 3.65. The average molecular weight is 307 g/mol. The van der Waals surface area contributed by atoms with Gasteiger partial charge in [-0.15, -0.1) is 0 Å². The van der Waals surface area contributed by atoms with Crippen molar-refractivity contribution in [1.82, 2.24) is 4.90 Å². The molecule has 0 saturated carbocycles. The molecule has 22 heavy (non-hydrogen) atoms. The van der Waals surface area contributed by atoms with E-state index < -0.39 is 23.1 Å². The zero-order valence-electron chi connectivity index (χ0n) is 13.3. The van der Waals surface area contributed by atoms with E-state index in [1.165, 1.54) is 4.90 Å². The number of amides is 1. The van der Waals surface area contributed by atoms with E-state index in [1.54, 1.807) is 51.1 Å².